The van der Waals surface area contributed by atoms with Crippen LogP contribution in [-0.4, -0.2) is 29.1 Å². The number of fused-ring (bicyclic) bond motifs is 1. The van der Waals surface area contributed by atoms with E-state index in [1.54, 1.807) is 0 Å². The minimum atomic E-state index is -0.695. The molecule has 0 aromatic heterocycles. The summed E-state index contributed by atoms with van der Waals surface area (Å²) in [6.07, 6.45) is 1.09. The van der Waals surface area contributed by atoms with Crippen LogP contribution in [0.15, 0.2) is 47.5 Å². The SMILES string of the molecule is OCCC(O)C=Nc1cccc2ccccc12. The Bertz CT molecular complexity index is 517. The molecule has 0 spiro atoms. The van der Waals surface area contributed by atoms with Gasteiger partial charge in [0.25, 0.3) is 0 Å². The van der Waals surface area contributed by atoms with E-state index in [2.05, 4.69) is 4.99 Å². The van der Waals surface area contributed by atoms with Crippen LogP contribution in [0.3, 0.4) is 0 Å². The highest BCUT2D eigenvalue weighted by atomic mass is 16.3. The summed E-state index contributed by atoms with van der Waals surface area (Å²) in [6, 6.07) is 13.8. The Labute approximate surface area is 100 Å². The second kappa shape index (κ2) is 5.57. The quantitative estimate of drug-likeness (QED) is 0.790. The Balaban J connectivity index is 2.30. The van der Waals surface area contributed by atoms with Gasteiger partial charge in [-0.25, -0.2) is 0 Å². The zero-order valence-electron chi connectivity index (χ0n) is 9.45. The van der Waals surface area contributed by atoms with Gasteiger partial charge in [0.2, 0.25) is 0 Å². The molecule has 0 fully saturated rings. The van der Waals surface area contributed by atoms with Crippen LogP contribution < -0.4 is 0 Å². The van der Waals surface area contributed by atoms with Gasteiger partial charge in [0.1, 0.15) is 0 Å². The number of aliphatic hydroxyl groups is 2. The highest BCUT2D eigenvalue weighted by Crippen LogP contribution is 2.25. The van der Waals surface area contributed by atoms with Gasteiger partial charge in [-0.1, -0.05) is 36.4 Å². The predicted octanol–water partition coefficient (Wildman–Crippen LogP) is 2.29. The summed E-state index contributed by atoms with van der Waals surface area (Å²) in [6.45, 7) is -0.0390. The highest BCUT2D eigenvalue weighted by molar-refractivity contribution is 5.93. The number of hydrogen-bond donors (Lipinski definition) is 2. The van der Waals surface area contributed by atoms with Crippen LogP contribution in [-0.2, 0) is 0 Å². The Hall–Kier alpha value is -1.71. The topological polar surface area (TPSA) is 52.8 Å². The van der Waals surface area contributed by atoms with E-state index in [0.717, 1.165) is 16.5 Å². The summed E-state index contributed by atoms with van der Waals surface area (Å²) in [7, 11) is 0. The van der Waals surface area contributed by atoms with Gasteiger partial charge in [0.15, 0.2) is 0 Å². The molecule has 0 bridgehead atoms. The maximum Gasteiger partial charge on any atom is 0.0913 e. The Morgan fingerprint density at radius 1 is 1.12 bits per heavy atom. The molecule has 0 aliphatic rings. The smallest absolute Gasteiger partial charge is 0.0913 e. The average Bonchev–Trinajstić information content (AvgIpc) is 2.36. The third kappa shape index (κ3) is 2.90. The van der Waals surface area contributed by atoms with Crippen molar-refractivity contribution in [3.05, 3.63) is 42.5 Å². The van der Waals surface area contributed by atoms with Crippen molar-refractivity contribution in [1.29, 1.82) is 0 Å². The van der Waals surface area contributed by atoms with E-state index >= 15 is 0 Å². The van der Waals surface area contributed by atoms with E-state index in [-0.39, 0.29) is 6.61 Å². The van der Waals surface area contributed by atoms with Crippen molar-refractivity contribution >= 4 is 22.7 Å². The molecule has 17 heavy (non-hydrogen) atoms. The lowest BCUT2D eigenvalue weighted by molar-refractivity contribution is 0.187. The first-order valence-electron chi connectivity index (χ1n) is 5.62. The second-order valence-corrected chi connectivity index (χ2v) is 3.86. The van der Waals surface area contributed by atoms with Gasteiger partial charge in [0.05, 0.1) is 11.8 Å². The van der Waals surface area contributed by atoms with Crippen LogP contribution >= 0.6 is 0 Å². The van der Waals surface area contributed by atoms with Crippen LogP contribution in [0.25, 0.3) is 10.8 Å². The van der Waals surface area contributed by atoms with Crippen LogP contribution in [0, 0.1) is 0 Å². The fourth-order valence-electron chi connectivity index (χ4n) is 1.69. The predicted molar refractivity (Wildman–Crippen MR) is 69.8 cm³/mol. The summed E-state index contributed by atoms with van der Waals surface area (Å²) in [5.41, 5.74) is 0.833. The molecule has 1 atom stereocenters. The third-order valence-corrected chi connectivity index (χ3v) is 2.58. The van der Waals surface area contributed by atoms with Gasteiger partial charge in [-0.15, -0.1) is 0 Å². The van der Waals surface area contributed by atoms with Crippen LogP contribution in [0.4, 0.5) is 5.69 Å². The lowest BCUT2D eigenvalue weighted by Crippen LogP contribution is -2.09. The molecule has 0 aliphatic carbocycles. The molecule has 0 saturated heterocycles. The third-order valence-electron chi connectivity index (χ3n) is 2.58. The van der Waals surface area contributed by atoms with Gasteiger partial charge in [0, 0.05) is 24.6 Å². The normalized spacial score (nSPS) is 13.3. The number of aliphatic imine (C=N–C) groups is 1. The molecule has 2 N–H and O–H groups in total. The molecule has 3 nitrogen and oxygen atoms in total. The fraction of sp³-hybridized carbons (Fsp3) is 0.214. The maximum absolute atomic E-state index is 9.47. The number of rotatable bonds is 4. The van der Waals surface area contributed by atoms with Crippen LogP contribution in [0.5, 0.6) is 0 Å². The van der Waals surface area contributed by atoms with Gasteiger partial charge < -0.3 is 10.2 Å². The molecule has 0 saturated carbocycles. The van der Waals surface area contributed by atoms with Crippen molar-refractivity contribution in [3.8, 4) is 0 Å². The van der Waals surface area contributed by atoms with Gasteiger partial charge in [-0.05, 0) is 11.5 Å². The van der Waals surface area contributed by atoms with Crippen LogP contribution in [0.2, 0.25) is 0 Å². The van der Waals surface area contributed by atoms with Crippen molar-refractivity contribution in [1.82, 2.24) is 0 Å². The monoisotopic (exact) mass is 229 g/mol. The molecule has 88 valence electrons. The lowest BCUT2D eigenvalue weighted by Gasteiger charge is -2.03. The molecule has 0 radical (unpaired) electrons. The molecule has 0 aliphatic heterocycles. The average molecular weight is 229 g/mol. The lowest BCUT2D eigenvalue weighted by atomic mass is 10.1. The maximum atomic E-state index is 9.47. The van der Waals surface area contributed by atoms with E-state index in [9.17, 15) is 5.11 Å². The minimum Gasteiger partial charge on any atom is -0.396 e. The van der Waals surface area contributed by atoms with Gasteiger partial charge >= 0.3 is 0 Å². The molecular weight excluding hydrogens is 214 g/mol. The molecule has 2 aromatic rings. The molecular formula is C14H15NO2. The highest BCUT2D eigenvalue weighted by Gasteiger charge is 2.00. The summed E-state index contributed by atoms with van der Waals surface area (Å²) >= 11 is 0. The van der Waals surface area contributed by atoms with Crippen molar-refractivity contribution < 1.29 is 10.2 Å². The Kier molecular flexibility index (Phi) is 3.85. The summed E-state index contributed by atoms with van der Waals surface area (Å²) < 4.78 is 0. The number of hydrogen-bond acceptors (Lipinski definition) is 3. The molecule has 3 heteroatoms. The number of nitrogens with zero attached hydrogens (tertiary/aromatic N) is 1. The number of aliphatic hydroxyl groups excluding tert-OH is 2. The minimum absolute atomic E-state index is 0.0390. The molecule has 1 unspecified atom stereocenters. The van der Waals surface area contributed by atoms with Crippen LogP contribution in [0.1, 0.15) is 6.42 Å². The standard InChI is InChI=1S/C14H15NO2/c16-9-8-12(17)10-15-14-7-3-5-11-4-1-2-6-13(11)14/h1-7,10,12,16-17H,8-9H2. The Morgan fingerprint density at radius 3 is 2.71 bits per heavy atom. The van der Waals surface area contributed by atoms with Crippen molar-refractivity contribution in [3.63, 3.8) is 0 Å². The van der Waals surface area contributed by atoms with E-state index in [1.807, 2.05) is 42.5 Å². The second-order valence-electron chi connectivity index (χ2n) is 3.86. The summed E-state index contributed by atoms with van der Waals surface area (Å²) in [5, 5.41) is 20.3. The van der Waals surface area contributed by atoms with Crippen molar-refractivity contribution in [2.75, 3.05) is 6.61 Å². The summed E-state index contributed by atoms with van der Waals surface area (Å²) in [4.78, 5) is 4.27. The first-order chi connectivity index (χ1) is 8.31. The summed E-state index contributed by atoms with van der Waals surface area (Å²) in [5.74, 6) is 0. The van der Waals surface area contributed by atoms with E-state index in [0.29, 0.717) is 6.42 Å². The van der Waals surface area contributed by atoms with Gasteiger partial charge in [-0.2, -0.15) is 0 Å². The van der Waals surface area contributed by atoms with E-state index in [4.69, 9.17) is 5.11 Å². The first-order valence-corrected chi connectivity index (χ1v) is 5.62. The van der Waals surface area contributed by atoms with Crippen molar-refractivity contribution in [2.24, 2.45) is 4.99 Å². The van der Waals surface area contributed by atoms with Crippen molar-refractivity contribution in [2.45, 2.75) is 12.5 Å². The van der Waals surface area contributed by atoms with E-state index < -0.39 is 6.10 Å². The Morgan fingerprint density at radius 2 is 1.88 bits per heavy atom. The fourth-order valence-corrected chi connectivity index (χ4v) is 1.69. The zero-order chi connectivity index (χ0) is 12.1. The van der Waals surface area contributed by atoms with E-state index in [1.165, 1.54) is 6.21 Å². The van der Waals surface area contributed by atoms with Gasteiger partial charge in [-0.3, -0.25) is 4.99 Å². The molecule has 2 rings (SSSR count). The number of benzene rings is 2. The molecule has 2 aromatic carbocycles. The molecule has 0 heterocycles. The molecule has 0 amide bonds. The first kappa shape index (κ1) is 11.8. The largest absolute Gasteiger partial charge is 0.396 e. The zero-order valence-corrected chi connectivity index (χ0v) is 9.45.